The van der Waals surface area contributed by atoms with E-state index in [0.29, 0.717) is 0 Å². The summed E-state index contributed by atoms with van der Waals surface area (Å²) in [5, 5.41) is 0. The number of piperidine rings is 1. The van der Waals surface area contributed by atoms with E-state index in [0.717, 1.165) is 29.5 Å². The highest BCUT2D eigenvalue weighted by Crippen LogP contribution is 2.36. The zero-order valence-corrected chi connectivity index (χ0v) is 12.5. The minimum Gasteiger partial charge on any atom is -0.300 e. The SMILES string of the molecule is CC(C)C(CS)CN1CCCC2CCCCC21. The van der Waals surface area contributed by atoms with Gasteiger partial charge in [-0.15, -0.1) is 0 Å². The first-order valence-corrected chi connectivity index (χ1v) is 8.20. The highest BCUT2D eigenvalue weighted by Gasteiger charge is 2.34. The lowest BCUT2D eigenvalue weighted by Gasteiger charge is -2.45. The Labute approximate surface area is 113 Å². The summed E-state index contributed by atoms with van der Waals surface area (Å²) in [6, 6.07) is 0.915. The van der Waals surface area contributed by atoms with Crippen molar-refractivity contribution in [1.29, 1.82) is 0 Å². The van der Waals surface area contributed by atoms with Gasteiger partial charge in [-0.05, 0) is 55.7 Å². The van der Waals surface area contributed by atoms with Gasteiger partial charge in [-0.2, -0.15) is 12.6 Å². The number of nitrogens with zero attached hydrogens (tertiary/aromatic N) is 1. The minimum atomic E-state index is 0.775. The molecule has 3 unspecified atom stereocenters. The van der Waals surface area contributed by atoms with Gasteiger partial charge in [-0.3, -0.25) is 4.90 Å². The maximum Gasteiger partial charge on any atom is 0.0124 e. The predicted molar refractivity (Wildman–Crippen MR) is 78.7 cm³/mol. The molecule has 2 rings (SSSR count). The second-order valence-electron chi connectivity index (χ2n) is 6.44. The molecule has 0 aromatic rings. The first-order chi connectivity index (χ1) is 8.22. The molecule has 1 nitrogen and oxygen atoms in total. The Kier molecular flexibility index (Phi) is 5.23. The van der Waals surface area contributed by atoms with Gasteiger partial charge in [0.05, 0.1) is 0 Å². The topological polar surface area (TPSA) is 3.24 Å². The quantitative estimate of drug-likeness (QED) is 0.747. The van der Waals surface area contributed by atoms with Crippen LogP contribution in [0, 0.1) is 17.8 Å². The zero-order valence-electron chi connectivity index (χ0n) is 11.6. The number of likely N-dealkylation sites (tertiary alicyclic amines) is 1. The van der Waals surface area contributed by atoms with Crippen LogP contribution in [0.2, 0.25) is 0 Å². The van der Waals surface area contributed by atoms with Crippen molar-refractivity contribution in [2.45, 2.75) is 58.4 Å². The molecule has 100 valence electrons. The van der Waals surface area contributed by atoms with Crippen molar-refractivity contribution < 1.29 is 0 Å². The van der Waals surface area contributed by atoms with E-state index in [1.54, 1.807) is 0 Å². The van der Waals surface area contributed by atoms with Gasteiger partial charge < -0.3 is 0 Å². The molecule has 2 heteroatoms. The van der Waals surface area contributed by atoms with Crippen LogP contribution in [0.4, 0.5) is 0 Å². The molecule has 1 aliphatic carbocycles. The lowest BCUT2D eigenvalue weighted by molar-refractivity contribution is 0.0452. The molecule has 1 saturated heterocycles. The Morgan fingerprint density at radius 2 is 1.82 bits per heavy atom. The Hall–Kier alpha value is 0.310. The fourth-order valence-electron chi connectivity index (χ4n) is 3.74. The van der Waals surface area contributed by atoms with Gasteiger partial charge in [0.15, 0.2) is 0 Å². The van der Waals surface area contributed by atoms with Gasteiger partial charge >= 0.3 is 0 Å². The van der Waals surface area contributed by atoms with Crippen molar-refractivity contribution in [3.63, 3.8) is 0 Å². The Balaban J connectivity index is 1.94. The Morgan fingerprint density at radius 1 is 1.12 bits per heavy atom. The fraction of sp³-hybridized carbons (Fsp3) is 1.00. The van der Waals surface area contributed by atoms with Crippen LogP contribution in [0.1, 0.15) is 52.4 Å². The van der Waals surface area contributed by atoms with Crippen molar-refractivity contribution in [2.24, 2.45) is 17.8 Å². The van der Waals surface area contributed by atoms with Crippen LogP contribution in [0.15, 0.2) is 0 Å². The number of rotatable bonds is 4. The maximum absolute atomic E-state index is 4.55. The van der Waals surface area contributed by atoms with Crippen LogP contribution >= 0.6 is 12.6 Å². The van der Waals surface area contributed by atoms with Crippen molar-refractivity contribution in [1.82, 2.24) is 4.90 Å². The van der Waals surface area contributed by atoms with E-state index in [-0.39, 0.29) is 0 Å². The summed E-state index contributed by atoms with van der Waals surface area (Å²) in [4.78, 5) is 2.81. The van der Waals surface area contributed by atoms with E-state index in [9.17, 15) is 0 Å². The molecule has 0 aromatic carbocycles. The van der Waals surface area contributed by atoms with Crippen LogP contribution in [0.5, 0.6) is 0 Å². The summed E-state index contributed by atoms with van der Waals surface area (Å²) in [6.07, 6.45) is 8.82. The highest BCUT2D eigenvalue weighted by molar-refractivity contribution is 7.80. The Bertz CT molecular complexity index is 227. The van der Waals surface area contributed by atoms with Crippen molar-refractivity contribution >= 4 is 12.6 Å². The molecule has 2 fully saturated rings. The van der Waals surface area contributed by atoms with E-state index < -0.39 is 0 Å². The first kappa shape index (κ1) is 13.7. The highest BCUT2D eigenvalue weighted by atomic mass is 32.1. The fourth-order valence-corrected chi connectivity index (χ4v) is 4.27. The van der Waals surface area contributed by atoms with Crippen molar-refractivity contribution in [2.75, 3.05) is 18.8 Å². The van der Waals surface area contributed by atoms with Crippen LogP contribution in [-0.2, 0) is 0 Å². The molecule has 1 aliphatic heterocycles. The number of hydrogen-bond donors (Lipinski definition) is 1. The van der Waals surface area contributed by atoms with Gasteiger partial charge in [0, 0.05) is 12.6 Å². The van der Waals surface area contributed by atoms with Crippen molar-refractivity contribution in [3.05, 3.63) is 0 Å². The van der Waals surface area contributed by atoms with E-state index in [1.165, 1.54) is 51.6 Å². The normalized spacial score (nSPS) is 32.5. The predicted octanol–water partition coefficient (Wildman–Crippen LogP) is 3.84. The molecule has 3 atom stereocenters. The molecule has 0 aromatic heterocycles. The number of fused-ring (bicyclic) bond motifs is 1. The van der Waals surface area contributed by atoms with Crippen molar-refractivity contribution in [3.8, 4) is 0 Å². The van der Waals surface area contributed by atoms with Crippen LogP contribution < -0.4 is 0 Å². The second-order valence-corrected chi connectivity index (χ2v) is 6.80. The lowest BCUT2D eigenvalue weighted by atomic mass is 9.78. The van der Waals surface area contributed by atoms with E-state index in [1.807, 2.05) is 0 Å². The Morgan fingerprint density at radius 3 is 2.53 bits per heavy atom. The molecule has 0 bridgehead atoms. The third kappa shape index (κ3) is 3.41. The molecule has 1 saturated carbocycles. The van der Waals surface area contributed by atoms with E-state index in [2.05, 4.69) is 31.4 Å². The van der Waals surface area contributed by atoms with E-state index in [4.69, 9.17) is 0 Å². The molecule has 2 aliphatic rings. The molecule has 0 amide bonds. The summed E-state index contributed by atoms with van der Waals surface area (Å²) in [7, 11) is 0. The maximum atomic E-state index is 4.55. The molecule has 1 heterocycles. The second kappa shape index (κ2) is 6.47. The smallest absolute Gasteiger partial charge is 0.0124 e. The van der Waals surface area contributed by atoms with Gasteiger partial charge in [0.2, 0.25) is 0 Å². The molecule has 0 spiro atoms. The number of thiol groups is 1. The van der Waals surface area contributed by atoms with Crippen LogP contribution in [0.3, 0.4) is 0 Å². The summed E-state index contributed by atoms with van der Waals surface area (Å²) in [6.45, 7) is 7.34. The summed E-state index contributed by atoms with van der Waals surface area (Å²) in [5.41, 5.74) is 0. The van der Waals surface area contributed by atoms with Gasteiger partial charge in [0.1, 0.15) is 0 Å². The largest absolute Gasteiger partial charge is 0.300 e. The zero-order chi connectivity index (χ0) is 12.3. The van der Waals surface area contributed by atoms with Gasteiger partial charge in [0.25, 0.3) is 0 Å². The van der Waals surface area contributed by atoms with E-state index >= 15 is 0 Å². The molecular weight excluding hydrogens is 226 g/mol. The van der Waals surface area contributed by atoms with Gasteiger partial charge in [-0.1, -0.05) is 26.7 Å². The molecule has 0 radical (unpaired) electrons. The van der Waals surface area contributed by atoms with Crippen LogP contribution in [-0.4, -0.2) is 29.8 Å². The van der Waals surface area contributed by atoms with Gasteiger partial charge in [-0.25, -0.2) is 0 Å². The molecular formula is C15H29NS. The summed E-state index contributed by atoms with van der Waals surface area (Å²) in [5.74, 6) is 3.62. The summed E-state index contributed by atoms with van der Waals surface area (Å²) >= 11 is 4.55. The number of hydrogen-bond acceptors (Lipinski definition) is 2. The average molecular weight is 255 g/mol. The lowest BCUT2D eigenvalue weighted by Crippen LogP contribution is -2.49. The molecule has 0 N–H and O–H groups in total. The molecule has 17 heavy (non-hydrogen) atoms. The average Bonchev–Trinajstić information content (AvgIpc) is 2.35. The summed E-state index contributed by atoms with van der Waals surface area (Å²) < 4.78 is 0. The first-order valence-electron chi connectivity index (χ1n) is 7.57. The van der Waals surface area contributed by atoms with Crippen LogP contribution in [0.25, 0.3) is 0 Å². The third-order valence-electron chi connectivity index (χ3n) is 5.00. The minimum absolute atomic E-state index is 0.775. The monoisotopic (exact) mass is 255 g/mol. The standard InChI is InChI=1S/C15H29NS/c1-12(2)14(11-17)10-16-9-5-7-13-6-3-4-8-15(13)16/h12-15,17H,3-11H2,1-2H3. The third-order valence-corrected chi connectivity index (χ3v) is 5.47.